The Bertz CT molecular complexity index is 1000. The minimum absolute atomic E-state index is 0.444. The molecule has 3 aromatic carbocycles. The van der Waals surface area contributed by atoms with Gasteiger partial charge >= 0.3 is 0 Å². The molecule has 0 saturated carbocycles. The normalized spacial score (nSPS) is 11.0. The van der Waals surface area contributed by atoms with Crippen LogP contribution in [0.5, 0.6) is 11.5 Å². The third-order valence-electron chi connectivity index (χ3n) is 4.48. The monoisotopic (exact) mass is 505 g/mol. The Kier molecular flexibility index (Phi) is 6.97. The van der Waals surface area contributed by atoms with Gasteiger partial charge in [0.2, 0.25) is 0 Å². The van der Waals surface area contributed by atoms with E-state index < -0.39 is 0 Å². The molecule has 3 aromatic rings. The number of methoxy groups -OCH3 is 1. The highest BCUT2D eigenvalue weighted by molar-refractivity contribution is 14.1. The SMILES string of the molecule is COc1cc(C=Nc2cccc(C)c2C)cc(I)c1OCc1ccc(Cl)cc1. The number of halogens is 2. The van der Waals surface area contributed by atoms with Crippen molar-refractivity contribution in [2.24, 2.45) is 4.99 Å². The number of ether oxygens (including phenoxy) is 2. The molecule has 0 saturated heterocycles. The molecule has 0 unspecified atom stereocenters. The maximum Gasteiger partial charge on any atom is 0.174 e. The van der Waals surface area contributed by atoms with Gasteiger partial charge in [0.05, 0.1) is 16.4 Å². The van der Waals surface area contributed by atoms with Gasteiger partial charge in [0.25, 0.3) is 0 Å². The van der Waals surface area contributed by atoms with Crippen molar-refractivity contribution in [1.82, 2.24) is 0 Å². The third kappa shape index (κ3) is 5.06. The van der Waals surface area contributed by atoms with Crippen LogP contribution >= 0.6 is 34.2 Å². The quantitative estimate of drug-likeness (QED) is 0.269. The molecule has 0 spiro atoms. The number of rotatable bonds is 6. The zero-order chi connectivity index (χ0) is 20.1. The van der Waals surface area contributed by atoms with Crippen LogP contribution in [0.4, 0.5) is 5.69 Å². The van der Waals surface area contributed by atoms with E-state index in [0.717, 1.165) is 26.1 Å². The molecule has 3 rings (SSSR count). The molecular formula is C23H21ClINO2. The van der Waals surface area contributed by atoms with Gasteiger partial charge in [-0.05, 0) is 89.0 Å². The van der Waals surface area contributed by atoms with E-state index in [0.29, 0.717) is 17.4 Å². The van der Waals surface area contributed by atoms with Gasteiger partial charge in [0.15, 0.2) is 11.5 Å². The van der Waals surface area contributed by atoms with Gasteiger partial charge in [0.1, 0.15) is 6.61 Å². The van der Waals surface area contributed by atoms with Crippen LogP contribution in [0.25, 0.3) is 0 Å². The maximum absolute atomic E-state index is 6.02. The molecule has 0 N–H and O–H groups in total. The molecule has 5 heteroatoms. The molecule has 0 aliphatic rings. The number of hydrogen-bond donors (Lipinski definition) is 0. The summed E-state index contributed by atoms with van der Waals surface area (Å²) in [5.41, 5.74) is 5.39. The molecule has 28 heavy (non-hydrogen) atoms. The topological polar surface area (TPSA) is 30.8 Å². The molecule has 0 radical (unpaired) electrons. The predicted octanol–water partition coefficient (Wildman–Crippen LogP) is 6.90. The summed E-state index contributed by atoms with van der Waals surface area (Å²) in [5, 5.41) is 0.711. The zero-order valence-corrected chi connectivity index (χ0v) is 18.9. The van der Waals surface area contributed by atoms with Crippen molar-refractivity contribution in [3.63, 3.8) is 0 Å². The summed E-state index contributed by atoms with van der Waals surface area (Å²) in [6, 6.07) is 17.7. The van der Waals surface area contributed by atoms with Crippen molar-refractivity contribution in [2.75, 3.05) is 7.11 Å². The van der Waals surface area contributed by atoms with E-state index in [9.17, 15) is 0 Å². The lowest BCUT2D eigenvalue weighted by atomic mass is 10.1. The average molecular weight is 506 g/mol. The first-order valence-corrected chi connectivity index (χ1v) is 10.3. The van der Waals surface area contributed by atoms with Crippen molar-refractivity contribution < 1.29 is 9.47 Å². The Morgan fingerprint density at radius 1 is 1.07 bits per heavy atom. The summed E-state index contributed by atoms with van der Waals surface area (Å²) < 4.78 is 12.5. The van der Waals surface area contributed by atoms with E-state index in [2.05, 4.69) is 47.5 Å². The van der Waals surface area contributed by atoms with Gasteiger partial charge in [0, 0.05) is 11.2 Å². The molecule has 0 bridgehead atoms. The lowest BCUT2D eigenvalue weighted by Gasteiger charge is -2.13. The Balaban J connectivity index is 1.81. The number of nitrogens with zero attached hydrogens (tertiary/aromatic N) is 1. The van der Waals surface area contributed by atoms with Crippen LogP contribution in [0.3, 0.4) is 0 Å². The smallest absolute Gasteiger partial charge is 0.174 e. The highest BCUT2D eigenvalue weighted by atomic mass is 127. The fraction of sp³-hybridized carbons (Fsp3) is 0.174. The van der Waals surface area contributed by atoms with E-state index >= 15 is 0 Å². The minimum Gasteiger partial charge on any atom is -0.493 e. The predicted molar refractivity (Wildman–Crippen MR) is 125 cm³/mol. The van der Waals surface area contributed by atoms with Gasteiger partial charge in [-0.2, -0.15) is 0 Å². The molecule has 3 nitrogen and oxygen atoms in total. The summed E-state index contributed by atoms with van der Waals surface area (Å²) in [5.74, 6) is 1.41. The van der Waals surface area contributed by atoms with Crippen LogP contribution in [0.1, 0.15) is 22.3 Å². The Hall–Kier alpha value is -2.05. The van der Waals surface area contributed by atoms with E-state index in [1.165, 1.54) is 11.1 Å². The van der Waals surface area contributed by atoms with Crippen LogP contribution < -0.4 is 9.47 Å². The lowest BCUT2D eigenvalue weighted by molar-refractivity contribution is 0.282. The first-order chi connectivity index (χ1) is 13.5. The second-order valence-electron chi connectivity index (χ2n) is 6.43. The molecule has 0 aromatic heterocycles. The van der Waals surface area contributed by atoms with E-state index in [1.807, 2.05) is 54.7 Å². The zero-order valence-electron chi connectivity index (χ0n) is 16.0. The summed E-state index contributed by atoms with van der Waals surface area (Å²) in [4.78, 5) is 4.65. The van der Waals surface area contributed by atoms with Crippen molar-refractivity contribution in [3.05, 3.63) is 85.4 Å². The van der Waals surface area contributed by atoms with Crippen molar-refractivity contribution >= 4 is 46.1 Å². The van der Waals surface area contributed by atoms with Gasteiger partial charge < -0.3 is 9.47 Å². The standard InChI is InChI=1S/C23H21ClINO2/c1-15-5-4-6-21(16(15)2)26-13-18-11-20(25)23(22(12-18)27-3)28-14-17-7-9-19(24)10-8-17/h4-13H,14H2,1-3H3. The molecule has 144 valence electrons. The summed E-state index contributed by atoms with van der Waals surface area (Å²) in [7, 11) is 1.65. The number of benzene rings is 3. The molecule has 0 amide bonds. The molecular weight excluding hydrogens is 485 g/mol. The molecule has 0 fully saturated rings. The van der Waals surface area contributed by atoms with Gasteiger partial charge in [-0.3, -0.25) is 4.99 Å². The van der Waals surface area contributed by atoms with Crippen LogP contribution in [-0.4, -0.2) is 13.3 Å². The van der Waals surface area contributed by atoms with Crippen LogP contribution in [0.2, 0.25) is 5.02 Å². The molecule has 0 aliphatic carbocycles. The van der Waals surface area contributed by atoms with Gasteiger partial charge in [-0.15, -0.1) is 0 Å². The molecule has 0 heterocycles. The second-order valence-corrected chi connectivity index (χ2v) is 8.03. The Labute approximate surface area is 184 Å². The van der Waals surface area contributed by atoms with Gasteiger partial charge in [-0.1, -0.05) is 35.9 Å². The van der Waals surface area contributed by atoms with E-state index in [4.69, 9.17) is 21.1 Å². The highest BCUT2D eigenvalue weighted by Gasteiger charge is 2.11. The number of aryl methyl sites for hydroxylation is 1. The highest BCUT2D eigenvalue weighted by Crippen LogP contribution is 2.34. The van der Waals surface area contributed by atoms with Crippen molar-refractivity contribution in [1.29, 1.82) is 0 Å². The first-order valence-electron chi connectivity index (χ1n) is 8.83. The van der Waals surface area contributed by atoms with E-state index in [-0.39, 0.29) is 0 Å². The average Bonchev–Trinajstić information content (AvgIpc) is 2.69. The van der Waals surface area contributed by atoms with Gasteiger partial charge in [-0.25, -0.2) is 0 Å². The second kappa shape index (κ2) is 9.43. The molecule has 0 aliphatic heterocycles. The van der Waals surface area contributed by atoms with Crippen LogP contribution in [0.15, 0.2) is 59.6 Å². The summed E-state index contributed by atoms with van der Waals surface area (Å²) >= 11 is 8.20. The summed E-state index contributed by atoms with van der Waals surface area (Å²) in [6.45, 7) is 4.62. The lowest BCUT2D eigenvalue weighted by Crippen LogP contribution is -2.00. The number of aliphatic imine (C=N–C) groups is 1. The summed E-state index contributed by atoms with van der Waals surface area (Å²) in [6.07, 6.45) is 1.86. The van der Waals surface area contributed by atoms with E-state index in [1.54, 1.807) is 7.11 Å². The Morgan fingerprint density at radius 2 is 1.82 bits per heavy atom. The number of hydrogen-bond acceptors (Lipinski definition) is 3. The molecule has 0 atom stereocenters. The minimum atomic E-state index is 0.444. The van der Waals surface area contributed by atoms with Crippen molar-refractivity contribution in [3.8, 4) is 11.5 Å². The van der Waals surface area contributed by atoms with Crippen LogP contribution in [0, 0.1) is 17.4 Å². The Morgan fingerprint density at radius 3 is 2.54 bits per heavy atom. The largest absolute Gasteiger partial charge is 0.493 e. The van der Waals surface area contributed by atoms with Crippen molar-refractivity contribution in [2.45, 2.75) is 20.5 Å². The maximum atomic E-state index is 6.02. The first kappa shape index (κ1) is 20.7. The fourth-order valence-electron chi connectivity index (χ4n) is 2.71. The fourth-order valence-corrected chi connectivity index (χ4v) is 3.62. The van der Waals surface area contributed by atoms with Crippen LogP contribution in [-0.2, 0) is 6.61 Å². The third-order valence-corrected chi connectivity index (χ3v) is 5.53.